The van der Waals surface area contributed by atoms with Gasteiger partial charge in [0.2, 0.25) is 0 Å². The molecule has 1 amide bonds. The fourth-order valence-corrected chi connectivity index (χ4v) is 2.60. The van der Waals surface area contributed by atoms with E-state index in [1.54, 1.807) is 18.1 Å². The maximum Gasteiger partial charge on any atom is 0.255 e. The van der Waals surface area contributed by atoms with E-state index in [4.69, 9.17) is 21.1 Å². The number of hydrogen-bond acceptors (Lipinski definition) is 4. The molecule has 1 fully saturated rings. The number of rotatable bonds is 7. The molecule has 0 radical (unpaired) electrons. The minimum absolute atomic E-state index is 0.0278. The minimum atomic E-state index is -0.0278. The molecule has 1 saturated heterocycles. The third kappa shape index (κ3) is 4.87. The molecule has 0 aromatic heterocycles. The third-order valence-electron chi connectivity index (χ3n) is 3.60. The summed E-state index contributed by atoms with van der Waals surface area (Å²) in [6.45, 7) is 4.05. The third-order valence-corrected chi connectivity index (χ3v) is 3.91. The molecule has 1 aromatic carbocycles. The van der Waals surface area contributed by atoms with Crippen LogP contribution in [-0.2, 0) is 9.47 Å². The largest absolute Gasteiger partial charge is 0.385 e. The zero-order valence-corrected chi connectivity index (χ0v) is 13.7. The molecule has 1 heterocycles. The highest BCUT2D eigenvalue weighted by Gasteiger charge is 2.20. The first kappa shape index (κ1) is 17.1. The van der Waals surface area contributed by atoms with Crippen LogP contribution >= 0.6 is 11.6 Å². The first-order valence-corrected chi connectivity index (χ1v) is 7.99. The molecule has 5 nitrogen and oxygen atoms in total. The van der Waals surface area contributed by atoms with Crippen molar-refractivity contribution in [2.24, 2.45) is 0 Å². The van der Waals surface area contributed by atoms with Gasteiger partial charge in [0.05, 0.1) is 23.8 Å². The first-order chi connectivity index (χ1) is 10.7. The average Bonchev–Trinajstić information content (AvgIpc) is 2.55. The van der Waals surface area contributed by atoms with E-state index in [1.807, 2.05) is 12.1 Å². The molecule has 1 aromatic rings. The van der Waals surface area contributed by atoms with E-state index in [-0.39, 0.29) is 5.91 Å². The molecule has 0 saturated carbocycles. The zero-order chi connectivity index (χ0) is 15.8. The van der Waals surface area contributed by atoms with Crippen LogP contribution in [0.3, 0.4) is 0 Å². The van der Waals surface area contributed by atoms with Gasteiger partial charge in [-0.1, -0.05) is 11.6 Å². The average molecular weight is 327 g/mol. The van der Waals surface area contributed by atoms with Gasteiger partial charge in [0.1, 0.15) is 0 Å². The summed E-state index contributed by atoms with van der Waals surface area (Å²) in [6.07, 6.45) is 2.05. The van der Waals surface area contributed by atoms with Crippen molar-refractivity contribution < 1.29 is 14.3 Å². The lowest BCUT2D eigenvalue weighted by Crippen LogP contribution is -2.40. The Morgan fingerprint density at radius 2 is 2.14 bits per heavy atom. The Balaban J connectivity index is 1.89. The normalized spacial score (nSPS) is 14.9. The van der Waals surface area contributed by atoms with Crippen LogP contribution in [0.1, 0.15) is 23.2 Å². The monoisotopic (exact) mass is 326 g/mol. The lowest BCUT2D eigenvalue weighted by molar-refractivity contribution is 0.0303. The van der Waals surface area contributed by atoms with Gasteiger partial charge in [-0.25, -0.2) is 0 Å². The Labute approximate surface area is 136 Å². The van der Waals surface area contributed by atoms with E-state index in [9.17, 15) is 4.79 Å². The number of hydrogen-bond donors (Lipinski definition) is 1. The van der Waals surface area contributed by atoms with Gasteiger partial charge in [-0.15, -0.1) is 0 Å². The predicted octanol–water partition coefficient (Wildman–Crippen LogP) is 2.65. The number of methoxy groups -OCH3 is 1. The van der Waals surface area contributed by atoms with Gasteiger partial charge in [-0.2, -0.15) is 0 Å². The molecule has 22 heavy (non-hydrogen) atoms. The van der Waals surface area contributed by atoms with Crippen LogP contribution in [0.25, 0.3) is 0 Å². The van der Waals surface area contributed by atoms with Crippen molar-refractivity contribution in [1.82, 2.24) is 4.90 Å². The summed E-state index contributed by atoms with van der Waals surface area (Å²) in [7, 11) is 1.71. The van der Waals surface area contributed by atoms with Gasteiger partial charge >= 0.3 is 0 Å². The molecule has 0 bridgehead atoms. The quantitative estimate of drug-likeness (QED) is 0.783. The van der Waals surface area contributed by atoms with E-state index in [1.165, 1.54) is 0 Å². The topological polar surface area (TPSA) is 50.8 Å². The van der Waals surface area contributed by atoms with Gasteiger partial charge in [0.15, 0.2) is 0 Å². The lowest BCUT2D eigenvalue weighted by atomic mass is 10.1. The highest BCUT2D eigenvalue weighted by molar-refractivity contribution is 6.34. The van der Waals surface area contributed by atoms with Crippen molar-refractivity contribution in [3.05, 3.63) is 28.8 Å². The summed E-state index contributed by atoms with van der Waals surface area (Å²) in [5, 5.41) is 3.79. The van der Waals surface area contributed by atoms with Crippen LogP contribution in [0.4, 0.5) is 5.69 Å². The van der Waals surface area contributed by atoms with Crippen molar-refractivity contribution >= 4 is 23.2 Å². The molecule has 2 rings (SSSR count). The van der Waals surface area contributed by atoms with Gasteiger partial charge in [0, 0.05) is 39.0 Å². The van der Waals surface area contributed by atoms with E-state index in [2.05, 4.69) is 5.32 Å². The smallest absolute Gasteiger partial charge is 0.255 e. The highest BCUT2D eigenvalue weighted by Crippen LogP contribution is 2.23. The molecular weight excluding hydrogens is 304 g/mol. The highest BCUT2D eigenvalue weighted by atomic mass is 35.5. The number of carbonyl (C=O) groups excluding carboxylic acids is 1. The maximum atomic E-state index is 12.4. The van der Waals surface area contributed by atoms with Crippen molar-refractivity contribution in [3.63, 3.8) is 0 Å². The van der Waals surface area contributed by atoms with Crippen molar-refractivity contribution in [2.75, 3.05) is 51.9 Å². The number of nitrogens with one attached hydrogen (secondary N) is 1. The van der Waals surface area contributed by atoms with Crippen LogP contribution in [-0.4, -0.2) is 57.4 Å². The van der Waals surface area contributed by atoms with E-state index < -0.39 is 0 Å². The van der Waals surface area contributed by atoms with Gasteiger partial charge < -0.3 is 19.7 Å². The van der Waals surface area contributed by atoms with Crippen LogP contribution in [0.2, 0.25) is 5.02 Å². The fourth-order valence-electron chi connectivity index (χ4n) is 2.34. The Morgan fingerprint density at radius 3 is 2.82 bits per heavy atom. The molecule has 122 valence electrons. The number of benzene rings is 1. The van der Waals surface area contributed by atoms with Crippen LogP contribution < -0.4 is 5.32 Å². The first-order valence-electron chi connectivity index (χ1n) is 7.62. The van der Waals surface area contributed by atoms with Gasteiger partial charge in [-0.05, 0) is 31.0 Å². The minimum Gasteiger partial charge on any atom is -0.385 e. The number of amides is 1. The second-order valence-corrected chi connectivity index (χ2v) is 5.63. The number of halogens is 1. The maximum absolute atomic E-state index is 12.4. The fraction of sp³-hybridized carbons (Fsp3) is 0.562. The second kappa shape index (κ2) is 8.98. The molecule has 0 aliphatic carbocycles. The summed E-state index contributed by atoms with van der Waals surface area (Å²) in [5.41, 5.74) is 1.48. The summed E-state index contributed by atoms with van der Waals surface area (Å²) in [4.78, 5) is 14.2. The van der Waals surface area contributed by atoms with Crippen LogP contribution in [0, 0.1) is 0 Å². The number of nitrogens with zero attached hydrogens (tertiary/aromatic N) is 1. The van der Waals surface area contributed by atoms with E-state index >= 15 is 0 Å². The molecule has 1 aliphatic heterocycles. The molecule has 0 spiro atoms. The van der Waals surface area contributed by atoms with E-state index in [0.717, 1.165) is 31.7 Å². The lowest BCUT2D eigenvalue weighted by Gasteiger charge is -2.27. The Kier molecular flexibility index (Phi) is 6.96. The Bertz CT molecular complexity index is 490. The molecule has 1 N–H and O–H groups in total. The number of morpholine rings is 1. The number of carbonyl (C=O) groups is 1. The van der Waals surface area contributed by atoms with Crippen molar-refractivity contribution in [3.8, 4) is 0 Å². The summed E-state index contributed by atoms with van der Waals surface area (Å²) >= 11 is 6.27. The van der Waals surface area contributed by atoms with Crippen LogP contribution in [0.5, 0.6) is 0 Å². The standard InChI is InChI=1S/C16H23ClN2O3/c1-21-9-3-2-6-18-13-4-5-14(15(17)12-13)16(20)19-7-10-22-11-8-19/h4-5,12,18H,2-3,6-11H2,1H3. The summed E-state index contributed by atoms with van der Waals surface area (Å²) < 4.78 is 10.3. The Hall–Kier alpha value is -1.30. The van der Waals surface area contributed by atoms with Crippen molar-refractivity contribution in [2.45, 2.75) is 12.8 Å². The van der Waals surface area contributed by atoms with E-state index in [0.29, 0.717) is 36.9 Å². The van der Waals surface area contributed by atoms with Crippen LogP contribution in [0.15, 0.2) is 18.2 Å². The van der Waals surface area contributed by atoms with Gasteiger partial charge in [-0.3, -0.25) is 4.79 Å². The number of anilines is 1. The zero-order valence-electron chi connectivity index (χ0n) is 12.9. The summed E-state index contributed by atoms with van der Waals surface area (Å²) in [6, 6.07) is 5.50. The molecule has 1 aliphatic rings. The second-order valence-electron chi connectivity index (χ2n) is 5.23. The number of ether oxygens (including phenoxy) is 2. The SMILES string of the molecule is COCCCCNc1ccc(C(=O)N2CCOCC2)c(Cl)c1. The Morgan fingerprint density at radius 1 is 1.36 bits per heavy atom. The molecular formula is C16H23ClN2O3. The molecule has 0 unspecified atom stereocenters. The molecule has 6 heteroatoms. The van der Waals surface area contributed by atoms with Crippen molar-refractivity contribution in [1.29, 1.82) is 0 Å². The predicted molar refractivity (Wildman–Crippen MR) is 87.8 cm³/mol. The van der Waals surface area contributed by atoms with Gasteiger partial charge in [0.25, 0.3) is 5.91 Å². The summed E-state index contributed by atoms with van der Waals surface area (Å²) in [5.74, 6) is -0.0278. The number of unbranched alkanes of at least 4 members (excludes halogenated alkanes) is 1. The molecule has 0 atom stereocenters.